The number of aliphatic hydroxyl groups excluding tert-OH is 2. The number of rotatable bonds is 46. The molecule has 10 heteroatoms. The Labute approximate surface area is 362 Å². The number of allylic oxidation sites excluding steroid dienone is 8. The maximum atomic E-state index is 12.6. The van der Waals surface area contributed by atoms with E-state index in [4.69, 9.17) is 23.6 Å². The number of esters is 1. The average molecular weight is 855 g/mol. The molecule has 346 valence electrons. The summed E-state index contributed by atoms with van der Waals surface area (Å²) < 4.78 is 33.4. The van der Waals surface area contributed by atoms with Gasteiger partial charge in [-0.05, 0) is 51.4 Å². The van der Waals surface area contributed by atoms with Crippen molar-refractivity contribution in [3.05, 3.63) is 48.6 Å². The van der Waals surface area contributed by atoms with E-state index in [1.165, 1.54) is 128 Å². The number of carbonyl (C=O) groups is 1. The lowest BCUT2D eigenvalue weighted by Gasteiger charge is -2.20. The molecule has 0 rings (SSSR count). The fourth-order valence-corrected chi connectivity index (χ4v) is 7.43. The van der Waals surface area contributed by atoms with Crippen LogP contribution >= 0.6 is 7.82 Å². The summed E-state index contributed by atoms with van der Waals surface area (Å²) in [7, 11) is -4.53. The van der Waals surface area contributed by atoms with Gasteiger partial charge in [-0.1, -0.05) is 204 Å². The van der Waals surface area contributed by atoms with Gasteiger partial charge in [-0.2, -0.15) is 0 Å². The van der Waals surface area contributed by atoms with E-state index in [1.54, 1.807) is 0 Å². The Hall–Kier alpha value is -1.58. The van der Waals surface area contributed by atoms with Gasteiger partial charge in [-0.25, -0.2) is 4.57 Å². The zero-order valence-corrected chi connectivity index (χ0v) is 38.9. The first-order valence-corrected chi connectivity index (χ1v) is 25.6. The molecule has 3 N–H and O–H groups in total. The molecule has 0 heterocycles. The molecule has 3 atom stereocenters. The van der Waals surface area contributed by atoms with Crippen molar-refractivity contribution in [2.24, 2.45) is 0 Å². The predicted molar refractivity (Wildman–Crippen MR) is 247 cm³/mol. The molecule has 0 spiro atoms. The molecule has 0 radical (unpaired) electrons. The summed E-state index contributed by atoms with van der Waals surface area (Å²) >= 11 is 0. The molecular formula is C49H91O9P. The SMILES string of the molecule is CC/C=C\C/C=C\C/C=C\C/C=C\CCCCC(=O)OC(COCCCCCCCCCCCCCCCCCCCCCCCCC)COP(=O)(O)OCC(O)CO. The van der Waals surface area contributed by atoms with Gasteiger partial charge in [0.2, 0.25) is 0 Å². The molecule has 0 saturated carbocycles. The molecule has 0 amide bonds. The lowest BCUT2D eigenvalue weighted by molar-refractivity contribution is -0.154. The summed E-state index contributed by atoms with van der Waals surface area (Å²) in [5, 5.41) is 18.4. The van der Waals surface area contributed by atoms with Gasteiger partial charge in [0.1, 0.15) is 12.2 Å². The number of carbonyl (C=O) groups excluding carboxylic acids is 1. The molecule has 0 fully saturated rings. The number of unbranched alkanes of at least 4 members (excludes halogenated alkanes) is 24. The van der Waals surface area contributed by atoms with Gasteiger partial charge in [-0.3, -0.25) is 13.8 Å². The van der Waals surface area contributed by atoms with Gasteiger partial charge < -0.3 is 24.6 Å². The number of aliphatic hydroxyl groups is 2. The quantitative estimate of drug-likeness (QED) is 0.0237. The number of phosphoric acid groups is 1. The molecule has 0 aromatic rings. The van der Waals surface area contributed by atoms with Crippen LogP contribution in [0, 0.1) is 0 Å². The molecule has 59 heavy (non-hydrogen) atoms. The minimum absolute atomic E-state index is 0.0340. The average Bonchev–Trinajstić information content (AvgIpc) is 3.23. The highest BCUT2D eigenvalue weighted by atomic mass is 31.2. The monoisotopic (exact) mass is 855 g/mol. The molecule has 0 aromatic carbocycles. The van der Waals surface area contributed by atoms with Gasteiger partial charge in [0.05, 0.1) is 26.4 Å². The minimum atomic E-state index is -4.53. The highest BCUT2D eigenvalue weighted by molar-refractivity contribution is 7.47. The lowest BCUT2D eigenvalue weighted by Crippen LogP contribution is -2.29. The number of ether oxygens (including phenoxy) is 2. The normalized spacial score (nSPS) is 14.3. The summed E-state index contributed by atoms with van der Waals surface area (Å²) in [6, 6.07) is 0. The van der Waals surface area contributed by atoms with Crippen molar-refractivity contribution in [3.8, 4) is 0 Å². The Kier molecular flexibility index (Phi) is 44.7. The Balaban J connectivity index is 4.08. The van der Waals surface area contributed by atoms with Crippen molar-refractivity contribution in [3.63, 3.8) is 0 Å². The second kappa shape index (κ2) is 45.9. The zero-order valence-electron chi connectivity index (χ0n) is 38.0. The predicted octanol–water partition coefficient (Wildman–Crippen LogP) is 13.8. The largest absolute Gasteiger partial charge is 0.472 e. The van der Waals surface area contributed by atoms with Crippen molar-refractivity contribution < 1.29 is 43.0 Å². The van der Waals surface area contributed by atoms with Crippen LogP contribution in [0.3, 0.4) is 0 Å². The maximum Gasteiger partial charge on any atom is 0.472 e. The summed E-state index contributed by atoms with van der Waals surface area (Å²) in [5.74, 6) is -0.420. The third-order valence-electron chi connectivity index (χ3n) is 10.3. The van der Waals surface area contributed by atoms with Crippen LogP contribution in [-0.4, -0.2) is 66.3 Å². The summed E-state index contributed by atoms with van der Waals surface area (Å²) in [6.45, 7) is 3.38. The topological polar surface area (TPSA) is 132 Å². The van der Waals surface area contributed by atoms with Crippen LogP contribution in [0.2, 0.25) is 0 Å². The minimum Gasteiger partial charge on any atom is -0.457 e. The Morgan fingerprint density at radius 3 is 1.42 bits per heavy atom. The van der Waals surface area contributed by atoms with E-state index >= 15 is 0 Å². The number of hydrogen-bond acceptors (Lipinski definition) is 8. The van der Waals surface area contributed by atoms with E-state index in [0.29, 0.717) is 13.0 Å². The van der Waals surface area contributed by atoms with Gasteiger partial charge in [-0.15, -0.1) is 0 Å². The zero-order chi connectivity index (χ0) is 43.2. The highest BCUT2D eigenvalue weighted by Crippen LogP contribution is 2.43. The number of phosphoric ester groups is 1. The van der Waals surface area contributed by atoms with Crippen molar-refractivity contribution >= 4 is 13.8 Å². The summed E-state index contributed by atoms with van der Waals surface area (Å²) in [4.78, 5) is 22.6. The number of hydrogen-bond donors (Lipinski definition) is 3. The van der Waals surface area contributed by atoms with Crippen molar-refractivity contribution in [1.29, 1.82) is 0 Å². The van der Waals surface area contributed by atoms with Gasteiger partial charge in [0.15, 0.2) is 0 Å². The first-order valence-electron chi connectivity index (χ1n) is 24.1. The molecule has 0 aliphatic carbocycles. The molecule has 0 bridgehead atoms. The standard InChI is InChI=1S/C49H91O9P/c1-3-5-7-9-11-13-15-17-19-20-21-22-23-24-25-26-28-30-32-34-36-38-40-42-55-45-48(46-57-59(53,54)56-44-47(51)43-50)58-49(52)41-39-37-35-33-31-29-27-18-16-14-12-10-8-6-4-2/h6,8,12,14,18,27,31,33,47-48,50-51H,3-5,7,9-11,13,15-17,19-26,28-30,32,34-46H2,1-2H3,(H,53,54)/b8-6-,14-12-,27-18-,33-31-. The lowest BCUT2D eigenvalue weighted by atomic mass is 10.0. The molecule has 0 aromatic heterocycles. The highest BCUT2D eigenvalue weighted by Gasteiger charge is 2.26. The first kappa shape index (κ1) is 57.4. The molecule has 0 saturated heterocycles. The third-order valence-corrected chi connectivity index (χ3v) is 11.2. The van der Waals surface area contributed by atoms with Gasteiger partial charge >= 0.3 is 13.8 Å². The molecule has 0 aliphatic heterocycles. The second-order valence-electron chi connectivity index (χ2n) is 16.1. The van der Waals surface area contributed by atoms with E-state index in [-0.39, 0.29) is 13.0 Å². The second-order valence-corrected chi connectivity index (χ2v) is 17.6. The van der Waals surface area contributed by atoms with Gasteiger partial charge in [0, 0.05) is 13.0 Å². The van der Waals surface area contributed by atoms with E-state index in [9.17, 15) is 19.4 Å². The van der Waals surface area contributed by atoms with E-state index in [2.05, 4.69) is 62.5 Å². The van der Waals surface area contributed by atoms with Crippen molar-refractivity contribution in [2.75, 3.05) is 33.0 Å². The van der Waals surface area contributed by atoms with Crippen LogP contribution in [0.1, 0.15) is 213 Å². The Bertz CT molecular complexity index is 1060. The van der Waals surface area contributed by atoms with Crippen LogP contribution in [-0.2, 0) is 27.9 Å². The molecular weight excluding hydrogens is 764 g/mol. The van der Waals surface area contributed by atoms with Crippen LogP contribution in [0.25, 0.3) is 0 Å². The van der Waals surface area contributed by atoms with Crippen LogP contribution < -0.4 is 0 Å². The summed E-state index contributed by atoms with van der Waals surface area (Å²) in [6.07, 6.45) is 52.3. The van der Waals surface area contributed by atoms with Crippen molar-refractivity contribution in [2.45, 2.75) is 225 Å². The first-order chi connectivity index (χ1) is 28.8. The van der Waals surface area contributed by atoms with Crippen LogP contribution in [0.4, 0.5) is 0 Å². The van der Waals surface area contributed by atoms with Crippen LogP contribution in [0.5, 0.6) is 0 Å². The third kappa shape index (κ3) is 45.8. The smallest absolute Gasteiger partial charge is 0.457 e. The molecule has 0 aliphatic rings. The fraction of sp³-hybridized carbons (Fsp3) is 0.816. The Morgan fingerprint density at radius 2 is 0.966 bits per heavy atom. The van der Waals surface area contributed by atoms with E-state index in [0.717, 1.165) is 57.8 Å². The van der Waals surface area contributed by atoms with Crippen LogP contribution in [0.15, 0.2) is 48.6 Å². The Morgan fingerprint density at radius 1 is 0.542 bits per heavy atom. The van der Waals surface area contributed by atoms with E-state index < -0.39 is 45.8 Å². The molecule has 3 unspecified atom stereocenters. The molecule has 9 nitrogen and oxygen atoms in total. The maximum absolute atomic E-state index is 12.6. The fourth-order valence-electron chi connectivity index (χ4n) is 6.64. The van der Waals surface area contributed by atoms with E-state index in [1.807, 2.05) is 0 Å². The van der Waals surface area contributed by atoms with Crippen molar-refractivity contribution in [1.82, 2.24) is 0 Å². The summed E-state index contributed by atoms with van der Waals surface area (Å²) in [5.41, 5.74) is 0. The van der Waals surface area contributed by atoms with Gasteiger partial charge in [0.25, 0.3) is 0 Å².